The van der Waals surface area contributed by atoms with Crippen molar-refractivity contribution in [3.05, 3.63) is 53.8 Å². The van der Waals surface area contributed by atoms with Crippen LogP contribution in [0.1, 0.15) is 25.8 Å². The number of hydrogen-bond acceptors (Lipinski definition) is 5. The van der Waals surface area contributed by atoms with Gasteiger partial charge in [-0.15, -0.1) is 0 Å². The van der Waals surface area contributed by atoms with Gasteiger partial charge in [-0.2, -0.15) is 17.5 Å². The second-order valence-electron chi connectivity index (χ2n) is 9.59. The number of alkyl halides is 3. The molecule has 7 nitrogen and oxygen atoms in total. The van der Waals surface area contributed by atoms with E-state index in [9.17, 15) is 30.8 Å². The summed E-state index contributed by atoms with van der Waals surface area (Å²) < 4.78 is 82.5. The summed E-state index contributed by atoms with van der Waals surface area (Å²) in [6.07, 6.45) is -3.96. The topological polar surface area (TPSA) is 64.2 Å². The second kappa shape index (κ2) is 10.1. The molecular weight excluding hydrogens is 512 g/mol. The molecule has 2 heterocycles. The summed E-state index contributed by atoms with van der Waals surface area (Å²) in [5.41, 5.74) is -0.519. The summed E-state index contributed by atoms with van der Waals surface area (Å²) in [6, 6.07) is 8.55. The van der Waals surface area contributed by atoms with Crippen molar-refractivity contribution < 1.29 is 30.8 Å². The molecule has 202 valence electrons. The third kappa shape index (κ3) is 5.54. The Labute approximate surface area is 214 Å². The number of sulfonamides is 1. The molecule has 0 N–H and O–H groups in total. The predicted molar refractivity (Wildman–Crippen MR) is 132 cm³/mol. The molecule has 0 aromatic heterocycles. The molecule has 0 bridgehead atoms. The Morgan fingerprint density at radius 3 is 2.41 bits per heavy atom. The molecule has 1 unspecified atom stereocenters. The SMILES string of the molecule is CC(=O)N(C)C1CCN(c2cccc(S(=O)(=O)N3CCN(c4ccc(F)cc4C(F)(F)F)C[C@H]3C)c2)C1. The first-order valence-electron chi connectivity index (χ1n) is 12.0. The van der Waals surface area contributed by atoms with Crippen LogP contribution in [0.3, 0.4) is 0 Å². The molecule has 0 spiro atoms. The molecule has 4 rings (SSSR count). The van der Waals surface area contributed by atoms with Crippen LogP contribution in [-0.2, 0) is 21.0 Å². The number of carbonyl (C=O) groups is 1. The minimum atomic E-state index is -4.74. The van der Waals surface area contributed by atoms with Crippen LogP contribution in [0.4, 0.5) is 28.9 Å². The van der Waals surface area contributed by atoms with Crippen LogP contribution in [-0.4, -0.2) is 75.4 Å². The molecule has 1 amide bonds. The highest BCUT2D eigenvalue weighted by Crippen LogP contribution is 2.38. The molecule has 0 radical (unpaired) electrons. The Kier molecular flexibility index (Phi) is 7.44. The number of likely N-dealkylation sites (N-methyl/N-ethyl adjacent to an activating group) is 1. The van der Waals surface area contributed by atoms with Crippen LogP contribution >= 0.6 is 0 Å². The van der Waals surface area contributed by atoms with Gasteiger partial charge < -0.3 is 14.7 Å². The van der Waals surface area contributed by atoms with Gasteiger partial charge in [0.25, 0.3) is 0 Å². The molecule has 2 aromatic carbocycles. The number of rotatable bonds is 5. The number of nitrogens with zero attached hydrogens (tertiary/aromatic N) is 4. The average Bonchev–Trinajstić information content (AvgIpc) is 3.33. The van der Waals surface area contributed by atoms with Crippen LogP contribution in [0.15, 0.2) is 47.4 Å². The van der Waals surface area contributed by atoms with E-state index in [-0.39, 0.29) is 42.2 Å². The third-order valence-electron chi connectivity index (χ3n) is 7.17. The number of halogens is 4. The highest BCUT2D eigenvalue weighted by molar-refractivity contribution is 7.89. The minimum Gasteiger partial charge on any atom is -0.369 e. The van der Waals surface area contributed by atoms with E-state index in [2.05, 4.69) is 0 Å². The maximum Gasteiger partial charge on any atom is 0.418 e. The van der Waals surface area contributed by atoms with Crippen LogP contribution in [0.2, 0.25) is 0 Å². The van der Waals surface area contributed by atoms with E-state index in [1.807, 2.05) is 11.0 Å². The number of benzene rings is 2. The maximum absolute atomic E-state index is 13.5. The first-order valence-corrected chi connectivity index (χ1v) is 13.4. The highest BCUT2D eigenvalue weighted by Gasteiger charge is 2.39. The minimum absolute atomic E-state index is 0.0163. The van der Waals surface area contributed by atoms with Crippen molar-refractivity contribution in [1.82, 2.24) is 9.21 Å². The average molecular weight is 543 g/mol. The van der Waals surface area contributed by atoms with Crippen molar-refractivity contribution in [2.45, 2.75) is 43.4 Å². The van der Waals surface area contributed by atoms with Gasteiger partial charge in [-0.3, -0.25) is 4.79 Å². The zero-order valence-corrected chi connectivity index (χ0v) is 21.7. The van der Waals surface area contributed by atoms with Gasteiger partial charge in [0.05, 0.1) is 16.5 Å². The van der Waals surface area contributed by atoms with E-state index in [0.29, 0.717) is 19.2 Å². The van der Waals surface area contributed by atoms with Crippen molar-refractivity contribution in [3.63, 3.8) is 0 Å². The van der Waals surface area contributed by atoms with Crippen LogP contribution < -0.4 is 9.80 Å². The van der Waals surface area contributed by atoms with Crippen molar-refractivity contribution in [2.75, 3.05) is 49.6 Å². The molecule has 2 aliphatic heterocycles. The summed E-state index contributed by atoms with van der Waals surface area (Å²) >= 11 is 0. The summed E-state index contributed by atoms with van der Waals surface area (Å²) in [5.74, 6) is -1.01. The Morgan fingerprint density at radius 2 is 1.76 bits per heavy atom. The lowest BCUT2D eigenvalue weighted by Crippen LogP contribution is -2.54. The fourth-order valence-electron chi connectivity index (χ4n) is 5.05. The molecule has 2 saturated heterocycles. The molecule has 0 aliphatic carbocycles. The van der Waals surface area contributed by atoms with Gasteiger partial charge in [-0.25, -0.2) is 12.8 Å². The summed E-state index contributed by atoms with van der Waals surface area (Å²) in [5, 5.41) is 0. The first kappa shape index (κ1) is 27.2. The van der Waals surface area contributed by atoms with Gasteiger partial charge in [0.1, 0.15) is 5.82 Å². The lowest BCUT2D eigenvalue weighted by Gasteiger charge is -2.40. The van der Waals surface area contributed by atoms with Gasteiger partial charge in [-0.1, -0.05) is 6.07 Å². The highest BCUT2D eigenvalue weighted by atomic mass is 32.2. The van der Waals surface area contributed by atoms with Gasteiger partial charge in [0.15, 0.2) is 0 Å². The standard InChI is InChI=1S/C25H30F4N4O3S/c1-17-15-32(24-8-7-19(26)13-23(24)25(27,28)29)11-12-33(17)37(35,36)22-6-4-5-20(14-22)31-10-9-21(16-31)30(3)18(2)34/h4-8,13-14,17,21H,9-12,15-16H2,1-3H3/t17-,21?/m1/s1. The van der Waals surface area contributed by atoms with Gasteiger partial charge in [0, 0.05) is 64.1 Å². The normalized spacial score (nSPS) is 21.4. The van der Waals surface area contributed by atoms with Crippen LogP contribution in [0.25, 0.3) is 0 Å². The largest absolute Gasteiger partial charge is 0.418 e. The first-order chi connectivity index (χ1) is 17.3. The fourth-order valence-corrected chi connectivity index (χ4v) is 6.71. The number of amides is 1. The fraction of sp³-hybridized carbons (Fsp3) is 0.480. The van der Waals surface area contributed by atoms with Gasteiger partial charge in [0.2, 0.25) is 15.9 Å². The van der Waals surface area contributed by atoms with Gasteiger partial charge >= 0.3 is 6.18 Å². The Balaban J connectivity index is 1.51. The van der Waals surface area contributed by atoms with Gasteiger partial charge in [-0.05, 0) is 49.7 Å². The molecule has 37 heavy (non-hydrogen) atoms. The molecule has 12 heteroatoms. The second-order valence-corrected chi connectivity index (χ2v) is 11.5. The number of hydrogen-bond donors (Lipinski definition) is 0. The Morgan fingerprint density at radius 1 is 1.03 bits per heavy atom. The van der Waals surface area contributed by atoms with E-state index in [4.69, 9.17) is 0 Å². The Hall–Kier alpha value is -2.86. The number of carbonyl (C=O) groups excluding carboxylic acids is 1. The number of piperazine rings is 1. The zero-order chi connectivity index (χ0) is 27.1. The van der Waals surface area contributed by atoms with E-state index in [1.54, 1.807) is 31.0 Å². The third-order valence-corrected chi connectivity index (χ3v) is 9.18. The lowest BCUT2D eigenvalue weighted by atomic mass is 10.1. The smallest absolute Gasteiger partial charge is 0.369 e. The Bertz CT molecular complexity index is 1270. The molecular formula is C25H30F4N4O3S. The van der Waals surface area contributed by atoms with E-state index in [0.717, 1.165) is 24.2 Å². The maximum atomic E-state index is 13.5. The number of anilines is 2. The molecule has 2 fully saturated rings. The molecule has 2 atom stereocenters. The summed E-state index contributed by atoms with van der Waals surface area (Å²) in [4.78, 5) is 17.0. The predicted octanol–water partition coefficient (Wildman–Crippen LogP) is 3.80. The van der Waals surface area contributed by atoms with Crippen LogP contribution in [0.5, 0.6) is 0 Å². The lowest BCUT2D eigenvalue weighted by molar-refractivity contribution is -0.137. The molecule has 0 saturated carbocycles. The van der Waals surface area contributed by atoms with E-state index in [1.165, 1.54) is 22.2 Å². The zero-order valence-electron chi connectivity index (χ0n) is 20.9. The molecule has 2 aromatic rings. The summed E-state index contributed by atoms with van der Waals surface area (Å²) in [7, 11) is -2.17. The van der Waals surface area contributed by atoms with Crippen molar-refractivity contribution >= 4 is 27.3 Å². The molecule has 2 aliphatic rings. The van der Waals surface area contributed by atoms with Crippen LogP contribution in [0, 0.1) is 5.82 Å². The van der Waals surface area contributed by atoms with Crippen molar-refractivity contribution in [1.29, 1.82) is 0 Å². The van der Waals surface area contributed by atoms with Crippen molar-refractivity contribution in [2.24, 2.45) is 0 Å². The quantitative estimate of drug-likeness (QED) is 0.538. The monoisotopic (exact) mass is 542 g/mol. The summed E-state index contributed by atoms with van der Waals surface area (Å²) in [6.45, 7) is 4.47. The van der Waals surface area contributed by atoms with Crippen molar-refractivity contribution in [3.8, 4) is 0 Å². The van der Waals surface area contributed by atoms with E-state index >= 15 is 0 Å². The van der Waals surface area contributed by atoms with E-state index < -0.39 is 33.6 Å².